The number of carbonyl (C=O) groups is 1. The maximum atomic E-state index is 11.0. The summed E-state index contributed by atoms with van der Waals surface area (Å²) in [7, 11) is 0. The Balaban J connectivity index is 2.48. The monoisotopic (exact) mass is 235 g/mol. The minimum absolute atomic E-state index is 0.130. The molecule has 0 saturated heterocycles. The first-order valence-electron chi connectivity index (χ1n) is 4.78. The summed E-state index contributed by atoms with van der Waals surface area (Å²) in [4.78, 5) is 11.0. The second-order valence-corrected chi connectivity index (χ2v) is 3.78. The van der Waals surface area contributed by atoms with E-state index in [1.165, 1.54) is 6.92 Å². The molecule has 0 atom stereocenters. The molecule has 1 aromatic heterocycles. The zero-order valence-corrected chi connectivity index (χ0v) is 9.41. The van der Waals surface area contributed by atoms with Crippen LogP contribution in [0.2, 0.25) is 5.02 Å². The topological polar surface area (TPSA) is 42.2 Å². The maximum absolute atomic E-state index is 11.0. The van der Waals surface area contributed by atoms with Crippen LogP contribution in [0.4, 0.5) is 5.69 Å². The summed E-state index contributed by atoms with van der Waals surface area (Å²) in [6, 6.07) is 8.83. The fourth-order valence-corrected chi connectivity index (χ4v) is 1.62. The van der Waals surface area contributed by atoms with Gasteiger partial charge in [0.1, 0.15) is 5.76 Å². The number of rotatable bonds is 2. The number of carbonyl (C=O) groups excluding carboxylic acids is 1. The Hall–Kier alpha value is -1.74. The van der Waals surface area contributed by atoms with E-state index in [-0.39, 0.29) is 5.91 Å². The number of nitrogens with one attached hydrogen (secondary N) is 1. The zero-order chi connectivity index (χ0) is 11.5. The Labute approximate surface area is 98.0 Å². The fraction of sp³-hybridized carbons (Fsp3) is 0.0833. The van der Waals surface area contributed by atoms with Gasteiger partial charge >= 0.3 is 0 Å². The molecule has 0 bridgehead atoms. The molecule has 0 aliphatic heterocycles. The number of amides is 1. The summed E-state index contributed by atoms with van der Waals surface area (Å²) >= 11 is 5.92. The number of halogens is 1. The van der Waals surface area contributed by atoms with Gasteiger partial charge in [0, 0.05) is 17.5 Å². The highest BCUT2D eigenvalue weighted by Crippen LogP contribution is 2.31. The lowest BCUT2D eigenvalue weighted by Gasteiger charge is -2.08. The van der Waals surface area contributed by atoms with Crippen molar-refractivity contribution >= 4 is 23.2 Å². The van der Waals surface area contributed by atoms with E-state index in [0.29, 0.717) is 16.5 Å². The molecule has 1 amide bonds. The van der Waals surface area contributed by atoms with Gasteiger partial charge in [0.2, 0.25) is 5.91 Å². The molecule has 0 fully saturated rings. The molecule has 0 aliphatic carbocycles. The molecule has 1 heterocycles. The van der Waals surface area contributed by atoms with E-state index in [4.69, 9.17) is 16.0 Å². The zero-order valence-electron chi connectivity index (χ0n) is 8.66. The molecule has 0 radical (unpaired) electrons. The van der Waals surface area contributed by atoms with Crippen LogP contribution in [0.25, 0.3) is 11.3 Å². The first-order chi connectivity index (χ1) is 7.66. The van der Waals surface area contributed by atoms with E-state index in [2.05, 4.69) is 5.32 Å². The lowest BCUT2D eigenvalue weighted by molar-refractivity contribution is -0.114. The SMILES string of the molecule is CC(=O)Nc1ccc(Cl)cc1-c1ccco1. The molecule has 0 spiro atoms. The van der Waals surface area contributed by atoms with Crippen LogP contribution in [0.5, 0.6) is 0 Å². The van der Waals surface area contributed by atoms with Crippen molar-refractivity contribution < 1.29 is 9.21 Å². The Morgan fingerprint density at radius 1 is 1.38 bits per heavy atom. The molecule has 16 heavy (non-hydrogen) atoms. The number of hydrogen-bond acceptors (Lipinski definition) is 2. The van der Waals surface area contributed by atoms with Crippen LogP contribution in [0.3, 0.4) is 0 Å². The quantitative estimate of drug-likeness (QED) is 0.865. The third-order valence-corrected chi connectivity index (χ3v) is 2.31. The van der Waals surface area contributed by atoms with Crippen LogP contribution in [-0.4, -0.2) is 5.91 Å². The van der Waals surface area contributed by atoms with E-state index in [1.807, 2.05) is 6.07 Å². The molecule has 82 valence electrons. The lowest BCUT2D eigenvalue weighted by Crippen LogP contribution is -2.06. The van der Waals surface area contributed by atoms with Gasteiger partial charge in [0.25, 0.3) is 0 Å². The summed E-state index contributed by atoms with van der Waals surface area (Å²) in [6.45, 7) is 1.46. The van der Waals surface area contributed by atoms with E-state index in [1.54, 1.807) is 30.5 Å². The second kappa shape index (κ2) is 4.41. The third kappa shape index (κ3) is 2.25. The van der Waals surface area contributed by atoms with Crippen molar-refractivity contribution in [1.82, 2.24) is 0 Å². The van der Waals surface area contributed by atoms with Crippen molar-refractivity contribution in [3.8, 4) is 11.3 Å². The number of benzene rings is 1. The van der Waals surface area contributed by atoms with E-state index in [0.717, 1.165) is 5.56 Å². The van der Waals surface area contributed by atoms with Crippen LogP contribution < -0.4 is 5.32 Å². The van der Waals surface area contributed by atoms with E-state index >= 15 is 0 Å². The highest BCUT2D eigenvalue weighted by molar-refractivity contribution is 6.31. The molecular formula is C12H10ClNO2. The molecule has 2 rings (SSSR count). The highest BCUT2D eigenvalue weighted by Gasteiger charge is 2.09. The van der Waals surface area contributed by atoms with Gasteiger partial charge in [-0.25, -0.2) is 0 Å². The smallest absolute Gasteiger partial charge is 0.221 e. The lowest BCUT2D eigenvalue weighted by atomic mass is 10.1. The summed E-state index contributed by atoms with van der Waals surface area (Å²) in [6.07, 6.45) is 1.58. The van der Waals surface area contributed by atoms with Gasteiger partial charge in [0.05, 0.1) is 12.0 Å². The normalized spacial score (nSPS) is 10.1. The molecule has 2 aromatic rings. The first kappa shape index (κ1) is 10.8. The van der Waals surface area contributed by atoms with Crippen molar-refractivity contribution in [3.05, 3.63) is 41.6 Å². The van der Waals surface area contributed by atoms with Gasteiger partial charge in [-0.05, 0) is 30.3 Å². The number of hydrogen-bond donors (Lipinski definition) is 1. The molecular weight excluding hydrogens is 226 g/mol. The van der Waals surface area contributed by atoms with Crippen molar-refractivity contribution in [1.29, 1.82) is 0 Å². The van der Waals surface area contributed by atoms with Gasteiger partial charge < -0.3 is 9.73 Å². The molecule has 1 aromatic carbocycles. The summed E-state index contributed by atoms with van der Waals surface area (Å²) in [5.74, 6) is 0.543. The minimum atomic E-state index is -0.130. The highest BCUT2D eigenvalue weighted by atomic mass is 35.5. The predicted octanol–water partition coefficient (Wildman–Crippen LogP) is 3.56. The van der Waals surface area contributed by atoms with Crippen molar-refractivity contribution in [2.24, 2.45) is 0 Å². The van der Waals surface area contributed by atoms with Gasteiger partial charge in [-0.3, -0.25) is 4.79 Å². The van der Waals surface area contributed by atoms with Crippen LogP contribution in [0, 0.1) is 0 Å². The van der Waals surface area contributed by atoms with Gasteiger partial charge in [0.15, 0.2) is 0 Å². The van der Waals surface area contributed by atoms with Gasteiger partial charge in [-0.2, -0.15) is 0 Å². The average molecular weight is 236 g/mol. The molecule has 3 nitrogen and oxygen atoms in total. The van der Waals surface area contributed by atoms with E-state index < -0.39 is 0 Å². The third-order valence-electron chi connectivity index (χ3n) is 2.08. The fourth-order valence-electron chi connectivity index (χ4n) is 1.45. The molecule has 0 aliphatic rings. The first-order valence-corrected chi connectivity index (χ1v) is 5.15. The Morgan fingerprint density at radius 3 is 2.81 bits per heavy atom. The molecule has 0 saturated carbocycles. The Kier molecular flexibility index (Phi) is 2.97. The van der Waals surface area contributed by atoms with Crippen LogP contribution in [0.1, 0.15) is 6.92 Å². The van der Waals surface area contributed by atoms with Crippen LogP contribution in [-0.2, 0) is 4.79 Å². The second-order valence-electron chi connectivity index (χ2n) is 3.35. The molecule has 4 heteroatoms. The Morgan fingerprint density at radius 2 is 2.19 bits per heavy atom. The maximum Gasteiger partial charge on any atom is 0.221 e. The number of anilines is 1. The molecule has 0 unspecified atom stereocenters. The van der Waals surface area contributed by atoms with Crippen LogP contribution >= 0.6 is 11.6 Å². The van der Waals surface area contributed by atoms with Gasteiger partial charge in [-0.1, -0.05) is 11.6 Å². The average Bonchev–Trinajstić information content (AvgIpc) is 2.73. The van der Waals surface area contributed by atoms with Crippen LogP contribution in [0.15, 0.2) is 41.0 Å². The standard InChI is InChI=1S/C12H10ClNO2/c1-8(15)14-11-5-4-9(13)7-10(11)12-3-2-6-16-12/h2-7H,1H3,(H,14,15). The molecule has 1 N–H and O–H groups in total. The van der Waals surface area contributed by atoms with Crippen molar-refractivity contribution in [2.75, 3.05) is 5.32 Å². The number of furan rings is 1. The predicted molar refractivity (Wildman–Crippen MR) is 63.5 cm³/mol. The Bertz CT molecular complexity index is 506. The summed E-state index contributed by atoms with van der Waals surface area (Å²) in [5, 5.41) is 3.33. The minimum Gasteiger partial charge on any atom is -0.464 e. The van der Waals surface area contributed by atoms with Crippen molar-refractivity contribution in [2.45, 2.75) is 6.92 Å². The largest absolute Gasteiger partial charge is 0.464 e. The van der Waals surface area contributed by atoms with Crippen molar-refractivity contribution in [3.63, 3.8) is 0 Å². The summed E-state index contributed by atoms with van der Waals surface area (Å²) < 4.78 is 5.29. The summed E-state index contributed by atoms with van der Waals surface area (Å²) in [5.41, 5.74) is 1.46. The van der Waals surface area contributed by atoms with E-state index in [9.17, 15) is 4.79 Å². The van der Waals surface area contributed by atoms with Gasteiger partial charge in [-0.15, -0.1) is 0 Å².